The normalized spacial score (nSPS) is 11.5. The highest BCUT2D eigenvalue weighted by Crippen LogP contribution is 2.24. The van der Waals surface area contributed by atoms with E-state index in [2.05, 4.69) is 4.98 Å². The number of oxazole rings is 1. The molecule has 0 unspecified atom stereocenters. The van der Waals surface area contributed by atoms with Crippen molar-refractivity contribution in [3.05, 3.63) is 72.0 Å². The Kier molecular flexibility index (Phi) is 4.36. The third-order valence-electron chi connectivity index (χ3n) is 3.59. The number of rotatable bonds is 5. The van der Waals surface area contributed by atoms with Gasteiger partial charge in [0.1, 0.15) is 11.6 Å². The van der Waals surface area contributed by atoms with Gasteiger partial charge in [-0.25, -0.2) is 9.37 Å². The van der Waals surface area contributed by atoms with Crippen molar-refractivity contribution < 1.29 is 18.7 Å². The lowest BCUT2D eigenvalue weighted by atomic mass is 9.99. The molecule has 0 saturated carbocycles. The number of halogens is 1. The summed E-state index contributed by atoms with van der Waals surface area (Å²) in [6.45, 7) is 3.62. The molecule has 0 spiro atoms. The maximum atomic E-state index is 13.2. The highest BCUT2D eigenvalue weighted by atomic mass is 19.1. The smallest absolute Gasteiger partial charge is 0.232 e. The maximum absolute atomic E-state index is 13.2. The number of aliphatic hydroxyl groups is 1. The first-order valence-corrected chi connectivity index (χ1v) is 7.58. The van der Waals surface area contributed by atoms with Crippen LogP contribution in [-0.2, 0) is 12.2 Å². The fraction of sp³-hybridized carbons (Fsp3) is 0.211. The monoisotopic (exact) mass is 327 g/mol. The molecule has 0 atom stereocenters. The summed E-state index contributed by atoms with van der Waals surface area (Å²) in [6, 6.07) is 13.3. The van der Waals surface area contributed by atoms with E-state index in [4.69, 9.17) is 9.15 Å². The average molecular weight is 327 g/mol. The fourth-order valence-corrected chi connectivity index (χ4v) is 2.26. The zero-order valence-corrected chi connectivity index (χ0v) is 13.5. The number of aromatic nitrogens is 1. The molecule has 1 heterocycles. The van der Waals surface area contributed by atoms with Gasteiger partial charge >= 0.3 is 0 Å². The second-order valence-corrected chi connectivity index (χ2v) is 6.00. The van der Waals surface area contributed by atoms with Crippen molar-refractivity contribution in [1.29, 1.82) is 0 Å². The van der Waals surface area contributed by atoms with Gasteiger partial charge in [-0.05, 0) is 43.7 Å². The van der Waals surface area contributed by atoms with Gasteiger partial charge < -0.3 is 14.3 Å². The summed E-state index contributed by atoms with van der Waals surface area (Å²) >= 11 is 0. The van der Waals surface area contributed by atoms with Crippen molar-refractivity contribution >= 4 is 0 Å². The van der Waals surface area contributed by atoms with Crippen molar-refractivity contribution in [2.24, 2.45) is 0 Å². The lowest BCUT2D eigenvalue weighted by Crippen LogP contribution is -2.14. The van der Waals surface area contributed by atoms with Crippen molar-refractivity contribution in [2.45, 2.75) is 26.1 Å². The summed E-state index contributed by atoms with van der Waals surface area (Å²) in [4.78, 5) is 4.14. The van der Waals surface area contributed by atoms with Gasteiger partial charge in [0.05, 0.1) is 11.8 Å². The minimum atomic E-state index is -0.888. The molecule has 0 aliphatic carbocycles. The van der Waals surface area contributed by atoms with E-state index in [1.54, 1.807) is 44.3 Å². The lowest BCUT2D eigenvalue weighted by Gasteiger charge is -2.17. The summed E-state index contributed by atoms with van der Waals surface area (Å²) in [6.07, 6.45) is 1.55. The minimum absolute atomic E-state index is 0.164. The van der Waals surface area contributed by atoms with Crippen molar-refractivity contribution in [3.8, 4) is 17.1 Å². The lowest BCUT2D eigenvalue weighted by molar-refractivity contribution is 0.0785. The molecule has 0 amide bonds. The number of ether oxygens (including phenoxy) is 1. The van der Waals surface area contributed by atoms with E-state index in [1.807, 2.05) is 12.1 Å². The summed E-state index contributed by atoms with van der Waals surface area (Å²) in [5, 5.41) is 9.93. The zero-order chi connectivity index (χ0) is 17.2. The van der Waals surface area contributed by atoms with Crippen LogP contribution in [-0.4, -0.2) is 10.1 Å². The molecule has 3 aromatic rings. The van der Waals surface area contributed by atoms with Crippen LogP contribution in [0.1, 0.15) is 25.3 Å². The predicted octanol–water partition coefficient (Wildman–Crippen LogP) is 4.29. The zero-order valence-electron chi connectivity index (χ0n) is 13.5. The molecule has 0 saturated heterocycles. The van der Waals surface area contributed by atoms with Crippen LogP contribution in [0, 0.1) is 5.82 Å². The number of hydrogen-bond acceptors (Lipinski definition) is 4. The Morgan fingerprint density at radius 3 is 2.58 bits per heavy atom. The molecule has 4 nitrogen and oxygen atoms in total. The Labute approximate surface area is 139 Å². The summed E-state index contributed by atoms with van der Waals surface area (Å²) in [5.74, 6) is 1.22. The Bertz CT molecular complexity index is 819. The second kappa shape index (κ2) is 6.45. The van der Waals surface area contributed by atoms with Crippen LogP contribution >= 0.6 is 0 Å². The van der Waals surface area contributed by atoms with Gasteiger partial charge in [0.2, 0.25) is 5.89 Å². The van der Waals surface area contributed by atoms with Gasteiger partial charge in [-0.15, -0.1) is 0 Å². The Morgan fingerprint density at radius 2 is 1.92 bits per heavy atom. The third-order valence-corrected chi connectivity index (χ3v) is 3.59. The standard InChI is InChI=1S/C19H18FNO3/c1-19(2,22)14-6-8-16(9-7-14)23-12-18-21-11-17(24-18)13-4-3-5-15(20)10-13/h3-11,22H,12H2,1-2H3. The molecule has 0 aliphatic rings. The van der Waals surface area contributed by atoms with Gasteiger partial charge in [0.15, 0.2) is 12.4 Å². The van der Waals surface area contributed by atoms with E-state index in [-0.39, 0.29) is 12.4 Å². The van der Waals surface area contributed by atoms with Crippen molar-refractivity contribution in [3.63, 3.8) is 0 Å². The second-order valence-electron chi connectivity index (χ2n) is 6.00. The van der Waals surface area contributed by atoms with Crippen LogP contribution in [0.25, 0.3) is 11.3 Å². The van der Waals surface area contributed by atoms with E-state index in [0.29, 0.717) is 23.0 Å². The summed E-state index contributed by atoms with van der Waals surface area (Å²) < 4.78 is 24.4. The molecule has 24 heavy (non-hydrogen) atoms. The van der Waals surface area contributed by atoms with Crippen molar-refractivity contribution in [2.75, 3.05) is 0 Å². The van der Waals surface area contributed by atoms with Crippen molar-refractivity contribution in [1.82, 2.24) is 4.98 Å². The molecule has 0 bridgehead atoms. The molecule has 0 radical (unpaired) electrons. The molecule has 124 valence electrons. The summed E-state index contributed by atoms with van der Waals surface area (Å²) in [7, 11) is 0. The van der Waals surface area contributed by atoms with E-state index < -0.39 is 5.60 Å². The molecule has 1 N–H and O–H groups in total. The quantitative estimate of drug-likeness (QED) is 0.759. The first-order chi connectivity index (χ1) is 11.4. The Morgan fingerprint density at radius 1 is 1.17 bits per heavy atom. The third kappa shape index (κ3) is 3.81. The molecule has 1 aromatic heterocycles. The van der Waals surface area contributed by atoms with Gasteiger partial charge in [-0.3, -0.25) is 0 Å². The molecular weight excluding hydrogens is 309 g/mol. The van der Waals surface area contributed by atoms with Gasteiger partial charge in [-0.1, -0.05) is 24.3 Å². The van der Waals surface area contributed by atoms with E-state index in [9.17, 15) is 9.50 Å². The number of hydrogen-bond donors (Lipinski definition) is 1. The Hall–Kier alpha value is -2.66. The fourth-order valence-electron chi connectivity index (χ4n) is 2.26. The van der Waals surface area contributed by atoms with Crippen LogP contribution in [0.3, 0.4) is 0 Å². The predicted molar refractivity (Wildman–Crippen MR) is 87.9 cm³/mol. The van der Waals surface area contributed by atoms with Gasteiger partial charge in [-0.2, -0.15) is 0 Å². The first kappa shape index (κ1) is 16.2. The van der Waals surface area contributed by atoms with Gasteiger partial charge in [0, 0.05) is 5.56 Å². The minimum Gasteiger partial charge on any atom is -0.484 e. The number of nitrogens with zero attached hydrogens (tertiary/aromatic N) is 1. The summed E-state index contributed by atoms with van der Waals surface area (Å²) in [5.41, 5.74) is 0.545. The van der Waals surface area contributed by atoms with E-state index >= 15 is 0 Å². The SMILES string of the molecule is CC(C)(O)c1ccc(OCc2ncc(-c3cccc(F)c3)o2)cc1. The van der Waals surface area contributed by atoms with E-state index in [1.165, 1.54) is 12.1 Å². The highest BCUT2D eigenvalue weighted by Gasteiger charge is 2.15. The van der Waals surface area contributed by atoms with Gasteiger partial charge in [0.25, 0.3) is 0 Å². The van der Waals surface area contributed by atoms with Crippen LogP contribution < -0.4 is 4.74 Å². The van der Waals surface area contributed by atoms with Crippen LogP contribution in [0.15, 0.2) is 59.1 Å². The van der Waals surface area contributed by atoms with Crippen LogP contribution in [0.2, 0.25) is 0 Å². The maximum Gasteiger partial charge on any atom is 0.232 e. The average Bonchev–Trinajstić information content (AvgIpc) is 3.01. The first-order valence-electron chi connectivity index (χ1n) is 7.58. The molecule has 0 aliphatic heterocycles. The molecule has 5 heteroatoms. The molecule has 3 rings (SSSR count). The van der Waals surface area contributed by atoms with Crippen LogP contribution in [0.5, 0.6) is 5.75 Å². The largest absolute Gasteiger partial charge is 0.484 e. The van der Waals surface area contributed by atoms with Crippen LogP contribution in [0.4, 0.5) is 4.39 Å². The highest BCUT2D eigenvalue weighted by molar-refractivity contribution is 5.56. The molecule has 2 aromatic carbocycles. The Balaban J connectivity index is 1.65. The molecule has 0 fully saturated rings. The van der Waals surface area contributed by atoms with E-state index in [0.717, 1.165) is 5.56 Å². The number of benzene rings is 2. The topological polar surface area (TPSA) is 55.5 Å². The molecular formula is C19H18FNO3.